The highest BCUT2D eigenvalue weighted by Crippen LogP contribution is 2.11. The number of nitrogens with zero attached hydrogens (tertiary/aromatic N) is 2. The fourth-order valence-corrected chi connectivity index (χ4v) is 2.02. The Balaban J connectivity index is 1.75. The molecule has 3 rings (SSSR count). The summed E-state index contributed by atoms with van der Waals surface area (Å²) in [6.07, 6.45) is 1.61. The van der Waals surface area contributed by atoms with Gasteiger partial charge in [-0.2, -0.15) is 0 Å². The van der Waals surface area contributed by atoms with Gasteiger partial charge in [0.25, 0.3) is 5.69 Å². The molecule has 0 atom stereocenters. The summed E-state index contributed by atoms with van der Waals surface area (Å²) in [5, 5.41) is 18.7. The van der Waals surface area contributed by atoms with Gasteiger partial charge in [-0.1, -0.05) is 17.7 Å². The molecule has 0 saturated heterocycles. The van der Waals surface area contributed by atoms with Crippen LogP contribution in [0.1, 0.15) is 17.0 Å². The Bertz CT molecular complexity index is 702. The van der Waals surface area contributed by atoms with Gasteiger partial charge in [-0.05, 0) is 23.7 Å². The van der Waals surface area contributed by atoms with Crippen LogP contribution in [0.25, 0.3) is 5.69 Å². The van der Waals surface area contributed by atoms with Crippen LogP contribution in [0, 0.1) is 6.92 Å². The lowest BCUT2D eigenvalue weighted by atomic mass is 10.2. The maximum Gasteiger partial charge on any atom is 0.253 e. The zero-order chi connectivity index (χ0) is 14.7. The summed E-state index contributed by atoms with van der Waals surface area (Å²) in [6, 6.07) is 11.4. The van der Waals surface area contributed by atoms with E-state index in [1.165, 1.54) is 4.68 Å². The van der Waals surface area contributed by atoms with Crippen molar-refractivity contribution in [3.05, 3.63) is 59.7 Å². The van der Waals surface area contributed by atoms with E-state index in [2.05, 4.69) is 10.6 Å². The Labute approximate surface area is 121 Å². The van der Waals surface area contributed by atoms with Crippen LogP contribution in [0.2, 0.25) is 0 Å². The molecule has 0 aliphatic rings. The lowest BCUT2D eigenvalue weighted by Crippen LogP contribution is -2.38. The lowest BCUT2D eigenvalue weighted by molar-refractivity contribution is -0.677. The first kappa shape index (κ1) is 13.4. The molecule has 0 aliphatic heterocycles. The van der Waals surface area contributed by atoms with Crippen molar-refractivity contribution < 1.29 is 18.7 Å². The minimum Gasteiger partial charge on any atom is -0.539 e. The first-order valence-electron chi connectivity index (χ1n) is 6.62. The maximum atomic E-state index is 11.8. The Morgan fingerprint density at radius 2 is 2.00 bits per heavy atom. The highest BCUT2D eigenvalue weighted by molar-refractivity contribution is 5.27. The van der Waals surface area contributed by atoms with Crippen molar-refractivity contribution in [2.75, 3.05) is 0 Å². The van der Waals surface area contributed by atoms with E-state index in [1.807, 2.05) is 43.3 Å². The second-order valence-corrected chi connectivity index (χ2v) is 4.74. The Morgan fingerprint density at radius 1 is 1.19 bits per heavy atom. The van der Waals surface area contributed by atoms with E-state index in [9.17, 15) is 5.11 Å². The van der Waals surface area contributed by atoms with Gasteiger partial charge in [0.05, 0.1) is 24.6 Å². The van der Waals surface area contributed by atoms with Gasteiger partial charge in [0.1, 0.15) is 5.76 Å². The fraction of sp³-hybridized carbons (Fsp3) is 0.200. The molecule has 3 aromatic rings. The summed E-state index contributed by atoms with van der Waals surface area (Å²) in [7, 11) is 0. The van der Waals surface area contributed by atoms with E-state index >= 15 is 0 Å². The van der Waals surface area contributed by atoms with Crippen molar-refractivity contribution in [2.24, 2.45) is 0 Å². The lowest BCUT2D eigenvalue weighted by Gasteiger charge is -2.01. The number of aryl methyl sites for hydroxylation is 1. The second-order valence-electron chi connectivity index (χ2n) is 4.74. The first-order valence-corrected chi connectivity index (χ1v) is 6.62. The predicted octanol–water partition coefficient (Wildman–Crippen LogP) is 1.22. The summed E-state index contributed by atoms with van der Waals surface area (Å²) < 4.78 is 11.5. The van der Waals surface area contributed by atoms with Crippen LogP contribution in [-0.2, 0) is 13.1 Å². The van der Waals surface area contributed by atoms with Crippen molar-refractivity contribution >= 4 is 0 Å². The number of nitrogens with one attached hydrogen (secondary N) is 1. The molecule has 6 nitrogen and oxygen atoms in total. The van der Waals surface area contributed by atoms with Crippen LogP contribution in [0.4, 0.5) is 0 Å². The number of hydrogen-bond donors (Lipinski definition) is 1. The van der Waals surface area contributed by atoms with Gasteiger partial charge >= 0.3 is 0 Å². The maximum absolute atomic E-state index is 11.8. The van der Waals surface area contributed by atoms with E-state index in [1.54, 1.807) is 6.26 Å². The highest BCUT2D eigenvalue weighted by Gasteiger charge is 2.19. The molecule has 108 valence electrons. The fourth-order valence-electron chi connectivity index (χ4n) is 2.02. The predicted molar refractivity (Wildman–Crippen MR) is 71.5 cm³/mol. The molecule has 1 aromatic carbocycles. The average Bonchev–Trinajstić information content (AvgIpc) is 3.11. The molecule has 0 fully saturated rings. The van der Waals surface area contributed by atoms with Gasteiger partial charge in [-0.3, -0.25) is 0 Å². The summed E-state index contributed by atoms with van der Waals surface area (Å²) >= 11 is 0. The van der Waals surface area contributed by atoms with Crippen LogP contribution >= 0.6 is 0 Å². The van der Waals surface area contributed by atoms with Crippen LogP contribution in [0.3, 0.4) is 0 Å². The minimum atomic E-state index is -0.442. The third kappa shape index (κ3) is 2.95. The van der Waals surface area contributed by atoms with Gasteiger partial charge in [-0.25, -0.2) is 0 Å². The van der Waals surface area contributed by atoms with Crippen molar-refractivity contribution in [2.45, 2.75) is 20.0 Å². The molecule has 21 heavy (non-hydrogen) atoms. The number of benzene rings is 1. The molecule has 0 aliphatic carbocycles. The zero-order valence-corrected chi connectivity index (χ0v) is 11.6. The topological polar surface area (TPSA) is 78.1 Å². The van der Waals surface area contributed by atoms with E-state index in [4.69, 9.17) is 8.94 Å². The number of rotatable bonds is 5. The van der Waals surface area contributed by atoms with E-state index in [0.717, 1.165) is 17.0 Å². The average molecular weight is 285 g/mol. The van der Waals surface area contributed by atoms with Crippen molar-refractivity contribution in [1.82, 2.24) is 10.6 Å². The van der Waals surface area contributed by atoms with E-state index in [-0.39, 0.29) is 0 Å². The molecule has 0 unspecified atom stereocenters. The van der Waals surface area contributed by atoms with Crippen LogP contribution < -0.4 is 15.1 Å². The normalized spacial score (nSPS) is 10.9. The Kier molecular flexibility index (Phi) is 3.70. The second kappa shape index (κ2) is 5.80. The molecule has 0 amide bonds. The molecule has 1 N–H and O–H groups in total. The summed E-state index contributed by atoms with van der Waals surface area (Å²) in [6.45, 7) is 2.88. The molecule has 2 heterocycles. The number of aromatic nitrogens is 2. The molecule has 2 aromatic heterocycles. The van der Waals surface area contributed by atoms with Gasteiger partial charge < -0.3 is 19.4 Å². The van der Waals surface area contributed by atoms with Gasteiger partial charge in [0.15, 0.2) is 5.95 Å². The standard InChI is InChI=1S/C15H15N3O3/c1-11-4-6-12(7-5-11)18-14(15(19)21-17-18)10-16-9-13-3-2-8-20-13/h2-8,16H,9-10H2,1H3. The molecule has 0 spiro atoms. The summed E-state index contributed by atoms with van der Waals surface area (Å²) in [5.74, 6) is 0.364. The Hall–Kier alpha value is -2.60. The SMILES string of the molecule is Cc1ccc(-[n+]2noc([O-])c2CNCc2ccco2)cc1. The zero-order valence-electron chi connectivity index (χ0n) is 11.6. The van der Waals surface area contributed by atoms with Gasteiger partial charge in [0, 0.05) is 12.1 Å². The Morgan fingerprint density at radius 3 is 2.71 bits per heavy atom. The van der Waals surface area contributed by atoms with E-state index < -0.39 is 5.95 Å². The van der Waals surface area contributed by atoms with Crippen LogP contribution in [0.5, 0.6) is 5.95 Å². The largest absolute Gasteiger partial charge is 0.539 e. The summed E-state index contributed by atoms with van der Waals surface area (Å²) in [4.78, 5) is 0. The number of hydrogen-bond acceptors (Lipinski definition) is 5. The third-order valence-corrected chi connectivity index (χ3v) is 3.15. The van der Waals surface area contributed by atoms with E-state index in [0.29, 0.717) is 18.8 Å². The molecule has 6 heteroatoms. The smallest absolute Gasteiger partial charge is 0.253 e. The van der Waals surface area contributed by atoms with Crippen LogP contribution in [-0.4, -0.2) is 5.27 Å². The third-order valence-electron chi connectivity index (χ3n) is 3.15. The number of furan rings is 1. The first-order chi connectivity index (χ1) is 10.2. The monoisotopic (exact) mass is 285 g/mol. The molecule has 0 radical (unpaired) electrons. The van der Waals surface area contributed by atoms with Crippen molar-refractivity contribution in [1.29, 1.82) is 0 Å². The summed E-state index contributed by atoms with van der Waals surface area (Å²) in [5.41, 5.74) is 2.38. The highest BCUT2D eigenvalue weighted by atomic mass is 16.6. The quantitative estimate of drug-likeness (QED) is 0.713. The minimum absolute atomic E-state index is 0.344. The molecule has 0 bridgehead atoms. The molecular formula is C15H15N3O3. The molecule has 0 saturated carbocycles. The molecular weight excluding hydrogens is 270 g/mol. The van der Waals surface area contributed by atoms with Crippen molar-refractivity contribution in [3.63, 3.8) is 0 Å². The van der Waals surface area contributed by atoms with Crippen LogP contribution in [0.15, 0.2) is 51.6 Å². The van der Waals surface area contributed by atoms with Gasteiger partial charge in [-0.15, -0.1) is 0 Å². The van der Waals surface area contributed by atoms with Crippen molar-refractivity contribution in [3.8, 4) is 11.6 Å². The van der Waals surface area contributed by atoms with Gasteiger partial charge in [0.2, 0.25) is 5.69 Å².